The molecule has 0 spiro atoms. The van der Waals surface area contributed by atoms with Crippen molar-refractivity contribution in [3.8, 4) is 0 Å². The van der Waals surface area contributed by atoms with Gasteiger partial charge in [0.15, 0.2) is 11.6 Å². The van der Waals surface area contributed by atoms with Crippen molar-refractivity contribution >= 4 is 0 Å². The molecule has 0 fully saturated rings. The summed E-state index contributed by atoms with van der Waals surface area (Å²) in [4.78, 5) is 0. The summed E-state index contributed by atoms with van der Waals surface area (Å²) in [7, 11) is 1.88. The smallest absolute Gasteiger partial charge is 0.162 e. The molecule has 0 aliphatic rings. The Morgan fingerprint density at radius 2 is 1.62 bits per heavy atom. The summed E-state index contributed by atoms with van der Waals surface area (Å²) >= 11 is 0. The molecule has 0 saturated carbocycles. The minimum atomic E-state index is -0.772. The molecule has 2 aromatic rings. The van der Waals surface area contributed by atoms with Gasteiger partial charge in [-0.05, 0) is 62.0 Å². The normalized spacial score (nSPS) is 12.4. The van der Waals surface area contributed by atoms with Crippen LogP contribution in [0.2, 0.25) is 0 Å². The van der Waals surface area contributed by atoms with Gasteiger partial charge in [0.25, 0.3) is 0 Å². The summed E-state index contributed by atoms with van der Waals surface area (Å²) in [5.41, 5.74) is 2.94. The van der Waals surface area contributed by atoms with Crippen LogP contribution in [-0.4, -0.2) is 13.6 Å². The second kappa shape index (κ2) is 7.32. The molecular formula is C18H21F2N. The lowest BCUT2D eigenvalue weighted by Gasteiger charge is -2.18. The van der Waals surface area contributed by atoms with E-state index in [4.69, 9.17) is 0 Å². The van der Waals surface area contributed by atoms with Crippen molar-refractivity contribution in [2.75, 3.05) is 13.6 Å². The molecular weight excluding hydrogens is 268 g/mol. The Kier molecular flexibility index (Phi) is 5.45. The van der Waals surface area contributed by atoms with Crippen LogP contribution in [0.1, 0.15) is 16.7 Å². The molecule has 112 valence electrons. The molecule has 2 rings (SSSR count). The van der Waals surface area contributed by atoms with E-state index < -0.39 is 11.6 Å². The number of nitrogens with one attached hydrogen (secondary N) is 1. The van der Waals surface area contributed by atoms with Crippen LogP contribution in [0.4, 0.5) is 8.78 Å². The van der Waals surface area contributed by atoms with E-state index in [-0.39, 0.29) is 5.92 Å². The summed E-state index contributed by atoms with van der Waals surface area (Å²) in [6.45, 7) is 2.85. The maximum absolute atomic E-state index is 13.8. The lowest BCUT2D eigenvalue weighted by atomic mass is 9.90. The van der Waals surface area contributed by atoms with Crippen molar-refractivity contribution in [2.45, 2.75) is 19.8 Å². The van der Waals surface area contributed by atoms with E-state index in [0.717, 1.165) is 19.0 Å². The van der Waals surface area contributed by atoms with Gasteiger partial charge in [-0.15, -0.1) is 0 Å². The molecule has 0 heterocycles. The first-order valence-corrected chi connectivity index (χ1v) is 7.23. The summed E-state index contributed by atoms with van der Waals surface area (Å²) in [6, 6.07) is 12.6. The Bertz CT molecular complexity index is 596. The van der Waals surface area contributed by atoms with Gasteiger partial charge >= 0.3 is 0 Å². The minimum Gasteiger partial charge on any atom is -0.319 e. The molecule has 0 aromatic heterocycles. The SMILES string of the molecule is CNCC(Cc1ccccc1C)Cc1cccc(F)c1F. The zero-order valence-electron chi connectivity index (χ0n) is 12.5. The quantitative estimate of drug-likeness (QED) is 0.850. The fraction of sp³-hybridized carbons (Fsp3) is 0.333. The van der Waals surface area contributed by atoms with Crippen LogP contribution in [-0.2, 0) is 12.8 Å². The molecule has 3 heteroatoms. The highest BCUT2D eigenvalue weighted by molar-refractivity contribution is 5.27. The molecule has 21 heavy (non-hydrogen) atoms. The third-order valence-corrected chi connectivity index (χ3v) is 3.80. The lowest BCUT2D eigenvalue weighted by Crippen LogP contribution is -2.23. The van der Waals surface area contributed by atoms with Crippen LogP contribution < -0.4 is 5.32 Å². The summed E-state index contributed by atoms with van der Waals surface area (Å²) in [5.74, 6) is -1.26. The van der Waals surface area contributed by atoms with Crippen molar-refractivity contribution < 1.29 is 8.78 Å². The Labute approximate surface area is 125 Å². The average molecular weight is 289 g/mol. The topological polar surface area (TPSA) is 12.0 Å². The fourth-order valence-electron chi connectivity index (χ4n) is 2.67. The Morgan fingerprint density at radius 1 is 0.952 bits per heavy atom. The highest BCUT2D eigenvalue weighted by atomic mass is 19.2. The highest BCUT2D eigenvalue weighted by Crippen LogP contribution is 2.20. The molecule has 0 radical (unpaired) electrons. The van der Waals surface area contributed by atoms with Crippen molar-refractivity contribution in [3.05, 3.63) is 70.8 Å². The van der Waals surface area contributed by atoms with Crippen LogP contribution in [0.5, 0.6) is 0 Å². The summed E-state index contributed by atoms with van der Waals surface area (Å²) in [5, 5.41) is 3.15. The van der Waals surface area contributed by atoms with Crippen LogP contribution in [0, 0.1) is 24.5 Å². The van der Waals surface area contributed by atoms with E-state index in [1.807, 2.05) is 19.2 Å². The first-order valence-electron chi connectivity index (χ1n) is 7.23. The van der Waals surface area contributed by atoms with Crippen molar-refractivity contribution in [1.82, 2.24) is 5.32 Å². The Balaban J connectivity index is 2.16. The number of halogens is 2. The Morgan fingerprint density at radius 3 is 2.33 bits per heavy atom. The van der Waals surface area contributed by atoms with Gasteiger partial charge in [-0.1, -0.05) is 36.4 Å². The zero-order valence-corrected chi connectivity index (χ0v) is 12.5. The van der Waals surface area contributed by atoms with Crippen LogP contribution in [0.15, 0.2) is 42.5 Å². The lowest BCUT2D eigenvalue weighted by molar-refractivity contribution is 0.458. The second-order valence-corrected chi connectivity index (χ2v) is 5.47. The van der Waals surface area contributed by atoms with Crippen molar-refractivity contribution in [1.29, 1.82) is 0 Å². The standard InChI is InChI=1S/C18H21F2N/c1-13-6-3-4-7-15(13)10-14(12-21-2)11-16-8-5-9-17(19)18(16)20/h3-9,14,21H,10-12H2,1-2H3. The first kappa shape index (κ1) is 15.6. The molecule has 0 amide bonds. The van der Waals surface area contributed by atoms with E-state index in [2.05, 4.69) is 24.4 Å². The third-order valence-electron chi connectivity index (χ3n) is 3.80. The number of benzene rings is 2. The van der Waals surface area contributed by atoms with E-state index in [9.17, 15) is 8.78 Å². The van der Waals surface area contributed by atoms with Crippen LogP contribution in [0.25, 0.3) is 0 Å². The van der Waals surface area contributed by atoms with Gasteiger partial charge in [0, 0.05) is 0 Å². The predicted octanol–water partition coefficient (Wildman–Crippen LogP) is 3.89. The predicted molar refractivity (Wildman–Crippen MR) is 82.4 cm³/mol. The maximum atomic E-state index is 13.8. The number of rotatable bonds is 6. The largest absolute Gasteiger partial charge is 0.319 e. The minimum absolute atomic E-state index is 0.229. The van der Waals surface area contributed by atoms with Crippen molar-refractivity contribution in [2.24, 2.45) is 5.92 Å². The maximum Gasteiger partial charge on any atom is 0.162 e. The van der Waals surface area contributed by atoms with Crippen molar-refractivity contribution in [3.63, 3.8) is 0 Å². The van der Waals surface area contributed by atoms with Gasteiger partial charge in [-0.2, -0.15) is 0 Å². The molecule has 0 aliphatic heterocycles. The second-order valence-electron chi connectivity index (χ2n) is 5.47. The number of hydrogen-bond acceptors (Lipinski definition) is 1. The van der Waals surface area contributed by atoms with Gasteiger partial charge in [0.2, 0.25) is 0 Å². The molecule has 0 aliphatic carbocycles. The molecule has 1 N–H and O–H groups in total. The van der Waals surface area contributed by atoms with Crippen LogP contribution in [0.3, 0.4) is 0 Å². The highest BCUT2D eigenvalue weighted by Gasteiger charge is 2.15. The third kappa shape index (κ3) is 4.11. The molecule has 0 saturated heterocycles. The first-order chi connectivity index (χ1) is 10.1. The van der Waals surface area contributed by atoms with Gasteiger partial charge < -0.3 is 5.32 Å². The zero-order chi connectivity index (χ0) is 15.2. The molecule has 1 nitrogen and oxygen atoms in total. The van der Waals surface area contributed by atoms with Crippen LogP contribution >= 0.6 is 0 Å². The van der Waals surface area contributed by atoms with E-state index in [1.165, 1.54) is 11.1 Å². The van der Waals surface area contributed by atoms with E-state index in [0.29, 0.717) is 12.0 Å². The monoisotopic (exact) mass is 289 g/mol. The average Bonchev–Trinajstić information content (AvgIpc) is 2.46. The molecule has 0 bridgehead atoms. The van der Waals surface area contributed by atoms with Gasteiger partial charge in [0.1, 0.15) is 0 Å². The Hall–Kier alpha value is -1.74. The van der Waals surface area contributed by atoms with E-state index >= 15 is 0 Å². The number of aryl methyl sites for hydroxylation is 1. The fourth-order valence-corrected chi connectivity index (χ4v) is 2.67. The molecule has 1 unspecified atom stereocenters. The van der Waals surface area contributed by atoms with E-state index in [1.54, 1.807) is 12.1 Å². The summed E-state index contributed by atoms with van der Waals surface area (Å²) in [6.07, 6.45) is 1.38. The van der Waals surface area contributed by atoms with Gasteiger partial charge in [0.05, 0.1) is 0 Å². The van der Waals surface area contributed by atoms with Gasteiger partial charge in [-0.25, -0.2) is 8.78 Å². The number of hydrogen-bond donors (Lipinski definition) is 1. The molecule has 2 aromatic carbocycles. The van der Waals surface area contributed by atoms with Gasteiger partial charge in [-0.3, -0.25) is 0 Å². The molecule has 1 atom stereocenters. The summed E-state index contributed by atoms with van der Waals surface area (Å²) < 4.78 is 27.1.